The fraction of sp³-hybridized carbons (Fsp3) is 0.500. The van der Waals surface area contributed by atoms with Crippen molar-refractivity contribution < 1.29 is 19.1 Å². The average Bonchev–Trinajstić information content (AvgIpc) is 2.63. The molecule has 1 unspecified atom stereocenters. The molecule has 1 aromatic rings. The molecule has 6 heteroatoms. The van der Waals surface area contributed by atoms with Gasteiger partial charge in [0, 0.05) is 6.54 Å². The number of halogens is 1. The van der Waals surface area contributed by atoms with Gasteiger partial charge in [-0.15, -0.1) is 0 Å². The Morgan fingerprint density at radius 3 is 2.72 bits per heavy atom. The predicted molar refractivity (Wildman–Crippen MR) is 64.6 cm³/mol. The van der Waals surface area contributed by atoms with Crippen LogP contribution in [-0.2, 0) is 4.79 Å². The lowest BCUT2D eigenvalue weighted by molar-refractivity contribution is -0.142. The fourth-order valence-electron chi connectivity index (χ4n) is 2.18. The Kier molecular flexibility index (Phi) is 3.91. The summed E-state index contributed by atoms with van der Waals surface area (Å²) in [5, 5.41) is 9.31. The van der Waals surface area contributed by atoms with Gasteiger partial charge in [-0.25, -0.2) is 4.79 Å². The van der Waals surface area contributed by atoms with Gasteiger partial charge in [-0.2, -0.15) is 0 Å². The maximum Gasteiger partial charge on any atom is 0.326 e. The lowest BCUT2D eigenvalue weighted by atomic mass is 10.1. The van der Waals surface area contributed by atoms with Gasteiger partial charge in [0.05, 0.1) is 0 Å². The highest BCUT2D eigenvalue weighted by molar-refractivity contribution is 6.29. The second-order valence-electron chi connectivity index (χ2n) is 4.31. The fourth-order valence-corrected chi connectivity index (χ4v) is 2.33. The van der Waals surface area contributed by atoms with Crippen LogP contribution in [0.25, 0.3) is 0 Å². The van der Waals surface area contributed by atoms with E-state index in [-0.39, 0.29) is 11.0 Å². The summed E-state index contributed by atoms with van der Waals surface area (Å²) >= 11 is 5.62. The van der Waals surface area contributed by atoms with Crippen LogP contribution < -0.4 is 0 Å². The summed E-state index contributed by atoms with van der Waals surface area (Å²) in [6.45, 7) is 0.439. The van der Waals surface area contributed by atoms with E-state index in [2.05, 4.69) is 0 Å². The maximum absolute atomic E-state index is 12.2. The number of carboxylic acids is 1. The molecule has 1 N–H and O–H groups in total. The number of carbonyl (C=O) groups excluding carboxylic acids is 1. The molecule has 5 nitrogen and oxygen atoms in total. The van der Waals surface area contributed by atoms with E-state index in [1.807, 2.05) is 0 Å². The summed E-state index contributed by atoms with van der Waals surface area (Å²) in [5.74, 6) is -1.28. The Morgan fingerprint density at radius 1 is 1.33 bits per heavy atom. The lowest BCUT2D eigenvalue weighted by Gasteiger charge is -2.25. The summed E-state index contributed by atoms with van der Waals surface area (Å²) in [4.78, 5) is 24.8. The SMILES string of the molecule is O=C(O)C1CCCCCN1C(=O)c1ccc(Cl)o1. The third-order valence-corrected chi connectivity index (χ3v) is 3.29. The van der Waals surface area contributed by atoms with Gasteiger partial charge < -0.3 is 14.4 Å². The van der Waals surface area contributed by atoms with Crippen LogP contribution in [0, 0.1) is 0 Å². The van der Waals surface area contributed by atoms with E-state index in [1.54, 1.807) is 0 Å². The molecule has 1 atom stereocenters. The third-order valence-electron chi connectivity index (χ3n) is 3.08. The molecule has 1 saturated heterocycles. The number of carboxylic acid groups (broad SMARTS) is 1. The molecule has 2 rings (SSSR count). The number of aliphatic carboxylic acids is 1. The first kappa shape index (κ1) is 13.0. The quantitative estimate of drug-likeness (QED) is 0.897. The van der Waals surface area contributed by atoms with Crippen LogP contribution in [0.3, 0.4) is 0 Å². The molecule has 0 radical (unpaired) electrons. The monoisotopic (exact) mass is 271 g/mol. The first-order chi connectivity index (χ1) is 8.59. The first-order valence-electron chi connectivity index (χ1n) is 5.88. The van der Waals surface area contributed by atoms with Gasteiger partial charge in [0.1, 0.15) is 6.04 Å². The van der Waals surface area contributed by atoms with Crippen molar-refractivity contribution in [3.05, 3.63) is 23.1 Å². The van der Waals surface area contributed by atoms with Crippen molar-refractivity contribution in [1.82, 2.24) is 4.90 Å². The van der Waals surface area contributed by atoms with Gasteiger partial charge in [-0.1, -0.05) is 12.8 Å². The number of hydrogen-bond donors (Lipinski definition) is 1. The van der Waals surface area contributed by atoms with E-state index >= 15 is 0 Å². The Balaban J connectivity index is 2.22. The second-order valence-corrected chi connectivity index (χ2v) is 4.68. The van der Waals surface area contributed by atoms with E-state index in [0.29, 0.717) is 13.0 Å². The standard InChI is InChI=1S/C12H14ClNO4/c13-10-6-5-9(18-10)11(15)14-7-3-1-2-4-8(14)12(16)17/h5-6,8H,1-4,7H2,(H,16,17). The largest absolute Gasteiger partial charge is 0.480 e. The molecule has 1 aliphatic rings. The van der Waals surface area contributed by atoms with Gasteiger partial charge in [0.15, 0.2) is 11.0 Å². The Morgan fingerprint density at radius 2 is 2.11 bits per heavy atom. The normalized spacial score (nSPS) is 20.5. The second kappa shape index (κ2) is 5.44. The number of carbonyl (C=O) groups is 2. The van der Waals surface area contributed by atoms with Crippen LogP contribution in [0.15, 0.2) is 16.5 Å². The highest BCUT2D eigenvalue weighted by Crippen LogP contribution is 2.21. The highest BCUT2D eigenvalue weighted by atomic mass is 35.5. The van der Waals surface area contributed by atoms with Crippen molar-refractivity contribution in [2.75, 3.05) is 6.54 Å². The molecule has 0 bridgehead atoms. The van der Waals surface area contributed by atoms with Gasteiger partial charge >= 0.3 is 5.97 Å². The lowest BCUT2D eigenvalue weighted by Crippen LogP contribution is -2.44. The van der Waals surface area contributed by atoms with Crippen LogP contribution >= 0.6 is 11.6 Å². The van der Waals surface area contributed by atoms with E-state index in [1.165, 1.54) is 17.0 Å². The molecule has 1 aliphatic heterocycles. The molecule has 98 valence electrons. The molecule has 0 aromatic carbocycles. The number of nitrogens with zero attached hydrogens (tertiary/aromatic N) is 1. The first-order valence-corrected chi connectivity index (χ1v) is 6.26. The zero-order valence-corrected chi connectivity index (χ0v) is 10.5. The Hall–Kier alpha value is -1.49. The van der Waals surface area contributed by atoms with Gasteiger partial charge in [-0.05, 0) is 36.6 Å². The number of furan rings is 1. The zero-order valence-electron chi connectivity index (χ0n) is 9.76. The number of rotatable bonds is 2. The van der Waals surface area contributed by atoms with Gasteiger partial charge in [0.25, 0.3) is 5.91 Å². The summed E-state index contributed by atoms with van der Waals surface area (Å²) in [5.41, 5.74) is 0. The summed E-state index contributed by atoms with van der Waals surface area (Å²) in [7, 11) is 0. The predicted octanol–water partition coefficient (Wildman–Crippen LogP) is 2.40. The summed E-state index contributed by atoms with van der Waals surface area (Å²) < 4.78 is 5.05. The topological polar surface area (TPSA) is 70.8 Å². The molecule has 0 spiro atoms. The van der Waals surface area contributed by atoms with Gasteiger partial charge in [-0.3, -0.25) is 4.79 Å². The van der Waals surface area contributed by atoms with Crippen LogP contribution in [0.1, 0.15) is 36.2 Å². The van der Waals surface area contributed by atoms with Crippen molar-refractivity contribution in [3.63, 3.8) is 0 Å². The van der Waals surface area contributed by atoms with Gasteiger partial charge in [0.2, 0.25) is 0 Å². The molecule has 1 fully saturated rings. The zero-order chi connectivity index (χ0) is 13.1. The minimum atomic E-state index is -0.970. The Bertz CT molecular complexity index is 457. The van der Waals surface area contributed by atoms with E-state index in [0.717, 1.165) is 19.3 Å². The smallest absolute Gasteiger partial charge is 0.326 e. The van der Waals surface area contributed by atoms with Crippen LogP contribution in [-0.4, -0.2) is 34.5 Å². The molecule has 2 heterocycles. The average molecular weight is 272 g/mol. The molecule has 18 heavy (non-hydrogen) atoms. The summed E-state index contributed by atoms with van der Waals surface area (Å²) in [6, 6.07) is 2.17. The number of hydrogen-bond acceptors (Lipinski definition) is 3. The van der Waals surface area contributed by atoms with Crippen molar-refractivity contribution >= 4 is 23.5 Å². The van der Waals surface area contributed by atoms with E-state index < -0.39 is 17.9 Å². The van der Waals surface area contributed by atoms with E-state index in [9.17, 15) is 14.7 Å². The Labute approximate surface area is 109 Å². The number of amides is 1. The maximum atomic E-state index is 12.2. The van der Waals surface area contributed by atoms with Crippen molar-refractivity contribution in [3.8, 4) is 0 Å². The van der Waals surface area contributed by atoms with Crippen molar-refractivity contribution in [2.45, 2.75) is 31.7 Å². The van der Waals surface area contributed by atoms with E-state index in [4.69, 9.17) is 16.0 Å². The minimum absolute atomic E-state index is 0.0909. The number of likely N-dealkylation sites (tertiary alicyclic amines) is 1. The van der Waals surface area contributed by atoms with Crippen LogP contribution in [0.4, 0.5) is 0 Å². The minimum Gasteiger partial charge on any atom is -0.480 e. The molecule has 0 saturated carbocycles. The summed E-state index contributed by atoms with van der Waals surface area (Å²) in [6.07, 6.45) is 3.05. The molecule has 0 aliphatic carbocycles. The van der Waals surface area contributed by atoms with Crippen molar-refractivity contribution in [2.24, 2.45) is 0 Å². The molecule has 1 amide bonds. The molecular formula is C12H14ClNO4. The van der Waals surface area contributed by atoms with Crippen molar-refractivity contribution in [1.29, 1.82) is 0 Å². The molecular weight excluding hydrogens is 258 g/mol. The molecule has 1 aromatic heterocycles. The van der Waals surface area contributed by atoms with Crippen LogP contribution in [0.5, 0.6) is 0 Å². The van der Waals surface area contributed by atoms with Crippen LogP contribution in [0.2, 0.25) is 5.22 Å². The highest BCUT2D eigenvalue weighted by Gasteiger charge is 2.32. The third kappa shape index (κ3) is 2.67.